The number of anilines is 2. The Morgan fingerprint density at radius 3 is 2.19 bits per heavy atom. The number of methoxy groups -OCH3 is 1. The highest BCUT2D eigenvalue weighted by Crippen LogP contribution is 2.48. The lowest BCUT2D eigenvalue weighted by Gasteiger charge is -2.29. The molecule has 0 spiro atoms. The Morgan fingerprint density at radius 1 is 0.814 bits per heavy atom. The van der Waals surface area contributed by atoms with Gasteiger partial charge in [-0.2, -0.15) is 0 Å². The van der Waals surface area contributed by atoms with Crippen LogP contribution in [-0.2, 0) is 14.4 Å². The third-order valence-electron chi connectivity index (χ3n) is 7.44. The smallest absolute Gasteiger partial charge is 0.343 e. The molecule has 4 aromatic rings. The Labute approximate surface area is 249 Å². The molecule has 2 heterocycles. The molecular formula is C34H30N2O7. The predicted octanol–water partition coefficient (Wildman–Crippen LogP) is 5.75. The van der Waals surface area contributed by atoms with E-state index in [2.05, 4.69) is 0 Å². The van der Waals surface area contributed by atoms with Crippen LogP contribution in [0, 0.1) is 5.92 Å². The molecule has 3 atom stereocenters. The largest absolute Gasteiger partial charge is 0.494 e. The Bertz CT molecular complexity index is 1630. The topological polar surface area (TPSA) is 94.6 Å². The number of hydroxylamine groups is 1. The van der Waals surface area contributed by atoms with Gasteiger partial charge in [-0.05, 0) is 72.6 Å². The van der Waals surface area contributed by atoms with Crippen molar-refractivity contribution in [3.05, 3.63) is 114 Å². The van der Waals surface area contributed by atoms with Gasteiger partial charge in [-0.3, -0.25) is 14.4 Å². The van der Waals surface area contributed by atoms with E-state index < -0.39 is 29.9 Å². The lowest BCUT2D eigenvalue weighted by atomic mass is 9.90. The number of fused-ring (bicyclic) bond motifs is 1. The number of imide groups is 1. The van der Waals surface area contributed by atoms with Crippen molar-refractivity contribution in [2.24, 2.45) is 5.92 Å². The van der Waals surface area contributed by atoms with Gasteiger partial charge < -0.3 is 14.2 Å². The summed E-state index contributed by atoms with van der Waals surface area (Å²) >= 11 is 0. The molecule has 6 rings (SSSR count). The number of rotatable bonds is 9. The van der Waals surface area contributed by atoms with E-state index in [9.17, 15) is 14.4 Å². The minimum absolute atomic E-state index is 0.225. The van der Waals surface area contributed by atoms with Gasteiger partial charge >= 0.3 is 5.97 Å². The summed E-state index contributed by atoms with van der Waals surface area (Å²) in [5, 5.41) is 1.61. The molecule has 2 saturated heterocycles. The lowest BCUT2D eigenvalue weighted by Crippen LogP contribution is -2.37. The number of hydrogen-bond donors (Lipinski definition) is 0. The Hall–Kier alpha value is -5.15. The first-order valence-electron chi connectivity index (χ1n) is 14.1. The van der Waals surface area contributed by atoms with Gasteiger partial charge in [0.05, 0.1) is 36.7 Å². The molecule has 0 radical (unpaired) electrons. The first-order chi connectivity index (χ1) is 21.0. The molecule has 0 saturated carbocycles. The van der Waals surface area contributed by atoms with Crippen LogP contribution in [0.25, 0.3) is 0 Å². The van der Waals surface area contributed by atoms with Crippen LogP contribution in [0.4, 0.5) is 11.4 Å². The normalized spacial score (nSPS) is 19.3. The molecule has 218 valence electrons. The molecule has 43 heavy (non-hydrogen) atoms. The maximum absolute atomic E-state index is 14.0. The summed E-state index contributed by atoms with van der Waals surface area (Å²) in [6.07, 6.45) is -0.165. The van der Waals surface area contributed by atoms with Crippen LogP contribution < -0.4 is 24.2 Å². The Balaban J connectivity index is 1.34. The molecular weight excluding hydrogens is 548 g/mol. The average molecular weight is 579 g/mol. The standard InChI is InChI=1S/C34H30N2O7/c1-3-20-41-26-17-15-24(16-18-26)35-32(37)29-30(36(43-31(29)33(35)38)25-12-8-5-9-13-25)23-14-19-27(28(21-23)40-2)42-34(39)22-10-6-4-7-11-22/h4-19,21,29-31H,3,20H2,1-2H3/t29-,30+,31-/m1/s1. The van der Waals surface area contributed by atoms with E-state index in [1.165, 1.54) is 12.0 Å². The quantitative estimate of drug-likeness (QED) is 0.141. The SMILES string of the molecule is CCCOc1ccc(N2C(=O)[C@H]3[C@@H](ON(c4ccccc4)[C@H]3c3ccc(OC(=O)c4ccccc4)c(OC)c3)C2=O)cc1. The molecule has 4 aromatic carbocycles. The minimum atomic E-state index is -1.03. The van der Waals surface area contributed by atoms with E-state index in [1.54, 1.807) is 71.8 Å². The van der Waals surface area contributed by atoms with Crippen molar-refractivity contribution >= 4 is 29.2 Å². The fourth-order valence-electron chi connectivity index (χ4n) is 5.40. The number of benzene rings is 4. The molecule has 0 aromatic heterocycles. The second-order valence-corrected chi connectivity index (χ2v) is 10.2. The van der Waals surface area contributed by atoms with Gasteiger partial charge in [-0.15, -0.1) is 0 Å². The lowest BCUT2D eigenvalue weighted by molar-refractivity contribution is -0.126. The van der Waals surface area contributed by atoms with Crippen LogP contribution in [-0.4, -0.2) is 37.6 Å². The predicted molar refractivity (Wildman–Crippen MR) is 159 cm³/mol. The molecule has 2 aliphatic heterocycles. The average Bonchev–Trinajstić information content (AvgIpc) is 3.56. The Morgan fingerprint density at radius 2 is 1.51 bits per heavy atom. The van der Waals surface area contributed by atoms with Gasteiger partial charge in [0.1, 0.15) is 11.7 Å². The summed E-state index contributed by atoms with van der Waals surface area (Å²) in [4.78, 5) is 47.8. The van der Waals surface area contributed by atoms with Crippen LogP contribution >= 0.6 is 0 Å². The molecule has 0 unspecified atom stereocenters. The van der Waals surface area contributed by atoms with E-state index in [-0.39, 0.29) is 11.7 Å². The molecule has 9 heteroatoms. The monoisotopic (exact) mass is 578 g/mol. The molecule has 9 nitrogen and oxygen atoms in total. The summed E-state index contributed by atoms with van der Waals surface area (Å²) in [5.74, 6) is -1.00. The van der Waals surface area contributed by atoms with Crippen LogP contribution in [0.3, 0.4) is 0 Å². The van der Waals surface area contributed by atoms with Crippen molar-refractivity contribution < 1.29 is 33.4 Å². The highest BCUT2D eigenvalue weighted by molar-refractivity contribution is 6.24. The number of carbonyl (C=O) groups excluding carboxylic acids is 3. The number of ether oxygens (including phenoxy) is 3. The number of para-hydroxylation sites is 1. The zero-order chi connectivity index (χ0) is 29.9. The zero-order valence-corrected chi connectivity index (χ0v) is 23.7. The zero-order valence-electron chi connectivity index (χ0n) is 23.7. The van der Waals surface area contributed by atoms with Crippen molar-refractivity contribution in [1.82, 2.24) is 0 Å². The van der Waals surface area contributed by atoms with Crippen molar-refractivity contribution in [1.29, 1.82) is 0 Å². The van der Waals surface area contributed by atoms with E-state index >= 15 is 0 Å². The molecule has 2 amide bonds. The van der Waals surface area contributed by atoms with Crippen molar-refractivity contribution in [2.45, 2.75) is 25.5 Å². The fourth-order valence-corrected chi connectivity index (χ4v) is 5.40. The van der Waals surface area contributed by atoms with Crippen molar-refractivity contribution in [2.75, 3.05) is 23.7 Å². The fraction of sp³-hybridized carbons (Fsp3) is 0.206. The summed E-state index contributed by atoms with van der Waals surface area (Å²) in [5.41, 5.74) is 2.18. The Kier molecular flexibility index (Phi) is 7.81. The summed E-state index contributed by atoms with van der Waals surface area (Å²) in [6, 6.07) is 29.2. The maximum atomic E-state index is 14.0. The van der Waals surface area contributed by atoms with E-state index in [1.807, 2.05) is 43.3 Å². The highest BCUT2D eigenvalue weighted by Gasteiger charge is 2.60. The van der Waals surface area contributed by atoms with E-state index in [0.717, 1.165) is 6.42 Å². The third-order valence-corrected chi connectivity index (χ3v) is 7.44. The number of carbonyl (C=O) groups is 3. The van der Waals surface area contributed by atoms with Gasteiger partial charge in [0.25, 0.3) is 5.91 Å². The summed E-state index contributed by atoms with van der Waals surface area (Å²) in [6.45, 7) is 2.59. The second kappa shape index (κ2) is 12.0. The number of esters is 1. The van der Waals surface area contributed by atoms with Gasteiger partial charge in [-0.1, -0.05) is 49.4 Å². The summed E-state index contributed by atoms with van der Waals surface area (Å²) < 4.78 is 16.9. The molecule has 0 aliphatic carbocycles. The van der Waals surface area contributed by atoms with Crippen LogP contribution in [0.1, 0.15) is 35.3 Å². The molecule has 2 aliphatic rings. The second-order valence-electron chi connectivity index (χ2n) is 10.2. The number of hydrogen-bond acceptors (Lipinski definition) is 8. The molecule has 0 N–H and O–H groups in total. The molecule has 0 bridgehead atoms. The number of amides is 2. The van der Waals surface area contributed by atoms with Crippen molar-refractivity contribution in [3.8, 4) is 17.2 Å². The van der Waals surface area contributed by atoms with E-state index in [4.69, 9.17) is 19.0 Å². The molecule has 2 fully saturated rings. The van der Waals surface area contributed by atoms with Gasteiger partial charge in [0.15, 0.2) is 17.6 Å². The van der Waals surface area contributed by atoms with E-state index in [0.29, 0.717) is 40.6 Å². The van der Waals surface area contributed by atoms with Gasteiger partial charge in [-0.25, -0.2) is 14.8 Å². The first-order valence-corrected chi connectivity index (χ1v) is 14.1. The van der Waals surface area contributed by atoms with Gasteiger partial charge in [0, 0.05) is 0 Å². The minimum Gasteiger partial charge on any atom is -0.494 e. The van der Waals surface area contributed by atoms with Crippen LogP contribution in [0.5, 0.6) is 17.2 Å². The highest BCUT2D eigenvalue weighted by atomic mass is 16.7. The van der Waals surface area contributed by atoms with Crippen LogP contribution in [0.2, 0.25) is 0 Å². The first kappa shape index (κ1) is 28.0. The van der Waals surface area contributed by atoms with Crippen molar-refractivity contribution in [3.63, 3.8) is 0 Å². The summed E-state index contributed by atoms with van der Waals surface area (Å²) in [7, 11) is 1.47. The third kappa shape index (κ3) is 5.30. The number of nitrogens with zero attached hydrogens (tertiary/aromatic N) is 2. The van der Waals surface area contributed by atoms with Gasteiger partial charge in [0.2, 0.25) is 5.91 Å². The van der Waals surface area contributed by atoms with Crippen LogP contribution in [0.15, 0.2) is 103 Å². The maximum Gasteiger partial charge on any atom is 0.343 e.